The first-order chi connectivity index (χ1) is 14.3. The van der Waals surface area contributed by atoms with Crippen molar-refractivity contribution in [3.8, 4) is 11.3 Å². The molecule has 0 aliphatic rings. The van der Waals surface area contributed by atoms with Crippen LogP contribution in [-0.4, -0.2) is 26.1 Å². The summed E-state index contributed by atoms with van der Waals surface area (Å²) < 4.78 is 0. The fourth-order valence-electron chi connectivity index (χ4n) is 3.37. The SMILES string of the molecule is O=C(NCc1cccnc1)c1cnc2[nH]nc(-c3ccc4ccccc4c3)c2c1. The van der Waals surface area contributed by atoms with E-state index in [0.717, 1.165) is 27.6 Å². The summed E-state index contributed by atoms with van der Waals surface area (Å²) in [7, 11) is 0. The lowest BCUT2D eigenvalue weighted by molar-refractivity contribution is 0.0950. The molecule has 5 aromatic rings. The van der Waals surface area contributed by atoms with Gasteiger partial charge >= 0.3 is 0 Å². The number of rotatable bonds is 4. The first kappa shape index (κ1) is 17.1. The standard InChI is InChI=1S/C23H17N5O/c29-23(26-13-15-4-3-9-24-12-15)19-11-20-21(27-28-22(20)25-14-19)18-8-7-16-5-1-2-6-17(16)10-18/h1-12,14H,13H2,(H,26,29)(H,25,27,28). The van der Waals surface area contributed by atoms with E-state index >= 15 is 0 Å². The Morgan fingerprint density at radius 1 is 0.966 bits per heavy atom. The smallest absolute Gasteiger partial charge is 0.253 e. The van der Waals surface area contributed by atoms with Gasteiger partial charge < -0.3 is 5.32 Å². The van der Waals surface area contributed by atoms with Gasteiger partial charge in [-0.05, 0) is 34.5 Å². The van der Waals surface area contributed by atoms with Crippen LogP contribution in [0.15, 0.2) is 79.3 Å². The van der Waals surface area contributed by atoms with Crippen LogP contribution in [0.3, 0.4) is 0 Å². The highest BCUT2D eigenvalue weighted by atomic mass is 16.1. The first-order valence-corrected chi connectivity index (χ1v) is 9.28. The van der Waals surface area contributed by atoms with Gasteiger partial charge in [-0.25, -0.2) is 4.98 Å². The lowest BCUT2D eigenvalue weighted by atomic mass is 10.0. The number of H-pyrrole nitrogens is 1. The first-order valence-electron chi connectivity index (χ1n) is 9.28. The predicted molar refractivity (Wildman–Crippen MR) is 112 cm³/mol. The van der Waals surface area contributed by atoms with Gasteiger partial charge in [0.1, 0.15) is 5.69 Å². The third-order valence-electron chi connectivity index (χ3n) is 4.88. The molecular weight excluding hydrogens is 362 g/mol. The van der Waals surface area contributed by atoms with E-state index in [1.54, 1.807) is 18.6 Å². The Hall–Kier alpha value is -4.06. The molecule has 2 aromatic carbocycles. The van der Waals surface area contributed by atoms with Crippen LogP contribution in [-0.2, 0) is 6.54 Å². The Kier molecular flexibility index (Phi) is 4.22. The monoisotopic (exact) mass is 379 g/mol. The highest BCUT2D eigenvalue weighted by molar-refractivity contribution is 6.00. The van der Waals surface area contributed by atoms with Crippen LogP contribution in [0.4, 0.5) is 0 Å². The topological polar surface area (TPSA) is 83.6 Å². The number of carbonyl (C=O) groups excluding carboxylic acids is 1. The molecule has 0 atom stereocenters. The van der Waals surface area contributed by atoms with Gasteiger partial charge in [-0.2, -0.15) is 5.10 Å². The van der Waals surface area contributed by atoms with Gasteiger partial charge in [0.25, 0.3) is 5.91 Å². The van der Waals surface area contributed by atoms with E-state index in [9.17, 15) is 4.79 Å². The lowest BCUT2D eigenvalue weighted by Crippen LogP contribution is -2.22. The minimum absolute atomic E-state index is 0.186. The summed E-state index contributed by atoms with van der Waals surface area (Å²) in [6.45, 7) is 0.410. The second-order valence-corrected chi connectivity index (χ2v) is 6.80. The summed E-state index contributed by atoms with van der Waals surface area (Å²) in [5.41, 5.74) is 3.83. The summed E-state index contributed by atoms with van der Waals surface area (Å²) in [6.07, 6.45) is 5.00. The van der Waals surface area contributed by atoms with Crippen molar-refractivity contribution in [1.82, 2.24) is 25.5 Å². The number of amides is 1. The molecule has 3 aromatic heterocycles. The molecule has 6 heteroatoms. The summed E-state index contributed by atoms with van der Waals surface area (Å²) >= 11 is 0. The molecule has 0 bridgehead atoms. The van der Waals surface area contributed by atoms with E-state index < -0.39 is 0 Å². The number of aromatic nitrogens is 4. The van der Waals surface area contributed by atoms with Crippen molar-refractivity contribution < 1.29 is 4.79 Å². The molecule has 6 nitrogen and oxygen atoms in total. The molecule has 0 fully saturated rings. The highest BCUT2D eigenvalue weighted by Crippen LogP contribution is 2.28. The zero-order valence-corrected chi connectivity index (χ0v) is 15.5. The van der Waals surface area contributed by atoms with E-state index in [1.807, 2.05) is 36.4 Å². The maximum atomic E-state index is 12.6. The molecule has 0 spiro atoms. The molecule has 0 aliphatic carbocycles. The van der Waals surface area contributed by atoms with Crippen LogP contribution in [0.1, 0.15) is 15.9 Å². The maximum Gasteiger partial charge on any atom is 0.253 e. The largest absolute Gasteiger partial charge is 0.348 e. The van der Waals surface area contributed by atoms with Gasteiger partial charge in [0.15, 0.2) is 5.65 Å². The molecule has 0 saturated heterocycles. The van der Waals surface area contributed by atoms with Gasteiger partial charge in [-0.1, -0.05) is 42.5 Å². The number of nitrogens with one attached hydrogen (secondary N) is 2. The van der Waals surface area contributed by atoms with Crippen molar-refractivity contribution in [1.29, 1.82) is 0 Å². The molecular formula is C23H17N5O. The van der Waals surface area contributed by atoms with Crippen molar-refractivity contribution in [3.63, 3.8) is 0 Å². The number of hydrogen-bond acceptors (Lipinski definition) is 4. The highest BCUT2D eigenvalue weighted by Gasteiger charge is 2.13. The van der Waals surface area contributed by atoms with E-state index in [0.29, 0.717) is 17.8 Å². The summed E-state index contributed by atoms with van der Waals surface area (Å²) in [4.78, 5) is 21.0. The quantitative estimate of drug-likeness (QED) is 0.492. The van der Waals surface area contributed by atoms with Gasteiger partial charge in [-0.3, -0.25) is 14.9 Å². The van der Waals surface area contributed by atoms with Crippen molar-refractivity contribution >= 4 is 27.7 Å². The third kappa shape index (κ3) is 3.32. The molecule has 0 aliphatic heterocycles. The third-order valence-corrected chi connectivity index (χ3v) is 4.88. The molecule has 0 radical (unpaired) electrons. The van der Waals surface area contributed by atoms with Crippen LogP contribution in [0.25, 0.3) is 33.1 Å². The van der Waals surface area contributed by atoms with E-state index in [1.165, 1.54) is 5.39 Å². The number of pyridine rings is 2. The Labute approximate surface area is 166 Å². The molecule has 0 saturated carbocycles. The van der Waals surface area contributed by atoms with Crippen LogP contribution in [0.5, 0.6) is 0 Å². The number of aromatic amines is 1. The number of hydrogen-bond donors (Lipinski definition) is 2. The maximum absolute atomic E-state index is 12.6. The molecule has 3 heterocycles. The normalized spacial score (nSPS) is 11.0. The number of fused-ring (bicyclic) bond motifs is 2. The van der Waals surface area contributed by atoms with Gasteiger partial charge in [-0.15, -0.1) is 0 Å². The van der Waals surface area contributed by atoms with Crippen molar-refractivity contribution in [3.05, 3.63) is 90.4 Å². The second-order valence-electron chi connectivity index (χ2n) is 6.80. The van der Waals surface area contributed by atoms with Crippen molar-refractivity contribution in [2.24, 2.45) is 0 Å². The summed E-state index contributed by atoms with van der Waals surface area (Å²) in [5.74, 6) is -0.186. The van der Waals surface area contributed by atoms with Crippen molar-refractivity contribution in [2.45, 2.75) is 6.54 Å². The fourth-order valence-corrected chi connectivity index (χ4v) is 3.37. The van der Waals surface area contributed by atoms with Gasteiger partial charge in [0.05, 0.1) is 5.56 Å². The second kappa shape index (κ2) is 7.16. The van der Waals surface area contributed by atoms with Gasteiger partial charge in [0.2, 0.25) is 0 Å². The molecule has 29 heavy (non-hydrogen) atoms. The van der Waals surface area contributed by atoms with Crippen molar-refractivity contribution in [2.75, 3.05) is 0 Å². The van der Waals surface area contributed by atoms with Crippen LogP contribution >= 0.6 is 0 Å². The predicted octanol–water partition coefficient (Wildman–Crippen LogP) is 4.10. The Balaban J connectivity index is 1.47. The number of benzene rings is 2. The number of nitrogens with zero attached hydrogens (tertiary/aromatic N) is 3. The van der Waals surface area contributed by atoms with E-state index in [2.05, 4.69) is 49.7 Å². The summed E-state index contributed by atoms with van der Waals surface area (Å²) in [6, 6.07) is 20.0. The molecule has 5 rings (SSSR count). The average molecular weight is 379 g/mol. The Bertz CT molecular complexity index is 1330. The Morgan fingerprint density at radius 3 is 2.72 bits per heavy atom. The lowest BCUT2D eigenvalue weighted by Gasteiger charge is -2.05. The van der Waals surface area contributed by atoms with Crippen LogP contribution < -0.4 is 5.32 Å². The molecule has 2 N–H and O–H groups in total. The summed E-state index contributed by atoms with van der Waals surface area (Å²) in [5, 5.41) is 13.4. The van der Waals surface area contributed by atoms with E-state index in [4.69, 9.17) is 0 Å². The molecule has 0 unspecified atom stereocenters. The molecule has 1 amide bonds. The zero-order chi connectivity index (χ0) is 19.6. The minimum atomic E-state index is -0.186. The minimum Gasteiger partial charge on any atom is -0.348 e. The van der Waals surface area contributed by atoms with Gasteiger partial charge in [0, 0.05) is 36.1 Å². The van der Waals surface area contributed by atoms with E-state index in [-0.39, 0.29) is 5.91 Å². The fraction of sp³-hybridized carbons (Fsp3) is 0.0435. The Morgan fingerprint density at radius 2 is 1.86 bits per heavy atom. The average Bonchev–Trinajstić information content (AvgIpc) is 3.21. The molecule has 140 valence electrons. The number of carbonyl (C=O) groups is 1. The van der Waals surface area contributed by atoms with Crippen LogP contribution in [0, 0.1) is 0 Å². The van der Waals surface area contributed by atoms with Crippen LogP contribution in [0.2, 0.25) is 0 Å². The zero-order valence-electron chi connectivity index (χ0n) is 15.5.